The average molecular weight is 546 g/mol. The van der Waals surface area contributed by atoms with E-state index in [4.69, 9.17) is 9.47 Å². The predicted molar refractivity (Wildman–Crippen MR) is 132 cm³/mol. The predicted octanol–water partition coefficient (Wildman–Crippen LogP) is 3.81. The Balaban J connectivity index is 1.33. The zero-order valence-corrected chi connectivity index (χ0v) is 21.2. The van der Waals surface area contributed by atoms with Crippen LogP contribution in [0.3, 0.4) is 0 Å². The van der Waals surface area contributed by atoms with Gasteiger partial charge in [-0.05, 0) is 41.0 Å². The minimum Gasteiger partial charge on any atom is -0.379 e. The number of fused-ring (bicyclic) bond motifs is 1. The highest BCUT2D eigenvalue weighted by Gasteiger charge is 2.51. The van der Waals surface area contributed by atoms with Crippen molar-refractivity contribution in [2.45, 2.75) is 30.9 Å². The van der Waals surface area contributed by atoms with E-state index >= 15 is 4.39 Å². The smallest absolute Gasteiger partial charge is 0.379 e. The van der Waals surface area contributed by atoms with Crippen LogP contribution in [0.2, 0.25) is 0 Å². The topological polar surface area (TPSA) is 72.7 Å². The molecule has 3 aliphatic heterocycles. The number of hydrogen-bond acceptors (Lipinski definition) is 6. The minimum atomic E-state index is -4.62. The Labute approximate surface area is 222 Å². The molecule has 2 aromatic carbocycles. The second kappa shape index (κ2) is 9.68. The molecule has 6 rings (SSSR count). The average Bonchev–Trinajstić information content (AvgIpc) is 3.46. The molecule has 39 heavy (non-hydrogen) atoms. The molecule has 8 nitrogen and oxygen atoms in total. The first-order chi connectivity index (χ1) is 18.7. The van der Waals surface area contributed by atoms with Gasteiger partial charge in [0.1, 0.15) is 6.33 Å². The molecule has 1 amide bonds. The first-order valence-corrected chi connectivity index (χ1v) is 12.7. The van der Waals surface area contributed by atoms with Crippen molar-refractivity contribution < 1.29 is 31.8 Å². The van der Waals surface area contributed by atoms with Crippen LogP contribution in [0, 0.1) is 0 Å². The summed E-state index contributed by atoms with van der Waals surface area (Å²) in [6, 6.07) is 9.45. The van der Waals surface area contributed by atoms with Gasteiger partial charge in [-0.25, -0.2) is 4.39 Å². The van der Waals surface area contributed by atoms with Crippen molar-refractivity contribution in [3.8, 4) is 0 Å². The second-order valence-electron chi connectivity index (χ2n) is 10.3. The molecule has 0 aliphatic carbocycles. The fourth-order valence-corrected chi connectivity index (χ4v) is 5.57. The van der Waals surface area contributed by atoms with E-state index in [-0.39, 0.29) is 36.7 Å². The lowest BCUT2D eigenvalue weighted by Crippen LogP contribution is -2.50. The molecule has 1 atom stereocenters. The largest absolute Gasteiger partial charge is 0.416 e. The van der Waals surface area contributed by atoms with Crippen LogP contribution in [-0.2, 0) is 41.2 Å². The molecule has 0 bridgehead atoms. The van der Waals surface area contributed by atoms with Crippen molar-refractivity contribution in [1.29, 1.82) is 0 Å². The molecule has 0 unspecified atom stereocenters. The SMILES string of the molecule is Cn1cnnc1[C@@H](F)C1(c2cccc(N3Cc4c(cc(CN5CCOCC5)cc4C(F)(F)F)C3=O)c2)COC1. The summed E-state index contributed by atoms with van der Waals surface area (Å²) in [5, 5.41) is 7.68. The number of amides is 1. The lowest BCUT2D eigenvalue weighted by atomic mass is 9.74. The van der Waals surface area contributed by atoms with Crippen molar-refractivity contribution in [2.75, 3.05) is 44.4 Å². The molecule has 2 saturated heterocycles. The Morgan fingerprint density at radius 1 is 1.10 bits per heavy atom. The van der Waals surface area contributed by atoms with E-state index in [0.717, 1.165) is 6.07 Å². The van der Waals surface area contributed by atoms with Crippen molar-refractivity contribution in [2.24, 2.45) is 7.05 Å². The third-order valence-corrected chi connectivity index (χ3v) is 7.83. The number of anilines is 1. The van der Waals surface area contributed by atoms with E-state index in [2.05, 4.69) is 10.2 Å². The van der Waals surface area contributed by atoms with Crippen LogP contribution in [0.15, 0.2) is 42.7 Å². The fraction of sp³-hybridized carbons (Fsp3) is 0.444. The van der Waals surface area contributed by atoms with E-state index in [0.29, 0.717) is 49.7 Å². The fourth-order valence-electron chi connectivity index (χ4n) is 5.57. The molecule has 206 valence electrons. The third-order valence-electron chi connectivity index (χ3n) is 7.83. The van der Waals surface area contributed by atoms with Gasteiger partial charge >= 0.3 is 6.18 Å². The van der Waals surface area contributed by atoms with Gasteiger partial charge in [0.2, 0.25) is 0 Å². The Morgan fingerprint density at radius 2 is 1.87 bits per heavy atom. The van der Waals surface area contributed by atoms with Crippen LogP contribution in [0.5, 0.6) is 0 Å². The first-order valence-electron chi connectivity index (χ1n) is 12.7. The second-order valence-corrected chi connectivity index (χ2v) is 10.3. The number of nitrogens with zero attached hydrogens (tertiary/aromatic N) is 5. The van der Waals surface area contributed by atoms with E-state index < -0.39 is 29.2 Å². The normalized spacial score (nSPS) is 20.1. The minimum absolute atomic E-state index is 0.0441. The summed E-state index contributed by atoms with van der Waals surface area (Å²) in [4.78, 5) is 16.9. The van der Waals surface area contributed by atoms with E-state index in [9.17, 15) is 18.0 Å². The molecular formula is C27H27F4N5O3. The summed E-state index contributed by atoms with van der Waals surface area (Å²) in [6.45, 7) is 2.53. The zero-order chi connectivity index (χ0) is 27.4. The number of carbonyl (C=O) groups excluding carboxylic acids is 1. The summed E-state index contributed by atoms with van der Waals surface area (Å²) in [5.41, 5.74) is -0.445. The van der Waals surface area contributed by atoms with Crippen LogP contribution < -0.4 is 4.90 Å². The Bertz CT molecular complexity index is 1400. The molecule has 12 heteroatoms. The van der Waals surface area contributed by atoms with Crippen molar-refractivity contribution in [1.82, 2.24) is 19.7 Å². The van der Waals surface area contributed by atoms with E-state index in [1.165, 1.54) is 15.8 Å². The summed E-state index contributed by atoms with van der Waals surface area (Å²) >= 11 is 0. The van der Waals surface area contributed by atoms with Gasteiger partial charge in [0.15, 0.2) is 12.0 Å². The molecule has 0 saturated carbocycles. The standard InChI is InChI=1S/C27H27F4N5O3/c1-34-16-32-33-24(34)23(28)26(14-39-15-26)18-3-2-4-19(11-18)36-13-21-20(25(36)37)9-17(10-22(21)27(29,30)31)12-35-5-7-38-8-6-35/h2-4,9-11,16,23H,5-8,12-15H2,1H3/t23-/m1/s1. The van der Waals surface area contributed by atoms with Crippen LogP contribution in [0.1, 0.15) is 44.6 Å². The van der Waals surface area contributed by atoms with Crippen LogP contribution in [0.25, 0.3) is 0 Å². The number of ether oxygens (including phenoxy) is 2. The number of carbonyl (C=O) groups is 1. The van der Waals surface area contributed by atoms with Gasteiger partial charge in [-0.15, -0.1) is 10.2 Å². The maximum atomic E-state index is 15.8. The third kappa shape index (κ3) is 4.50. The number of alkyl halides is 4. The van der Waals surface area contributed by atoms with E-state index in [1.807, 2.05) is 4.90 Å². The number of benzene rings is 2. The highest BCUT2D eigenvalue weighted by Crippen LogP contribution is 2.46. The zero-order valence-electron chi connectivity index (χ0n) is 21.2. The summed E-state index contributed by atoms with van der Waals surface area (Å²) in [7, 11) is 1.65. The first kappa shape index (κ1) is 25.9. The Hall–Kier alpha value is -3.35. The van der Waals surface area contributed by atoms with Gasteiger partial charge in [-0.1, -0.05) is 12.1 Å². The maximum absolute atomic E-state index is 15.8. The molecular weight excluding hydrogens is 518 g/mol. The number of morpholine rings is 1. The van der Waals surface area contributed by atoms with Gasteiger partial charge in [0, 0.05) is 37.9 Å². The molecule has 2 fully saturated rings. The number of halogens is 4. The quantitative estimate of drug-likeness (QED) is 0.439. The highest BCUT2D eigenvalue weighted by molar-refractivity contribution is 6.10. The molecule has 3 aromatic rings. The molecule has 0 radical (unpaired) electrons. The van der Waals surface area contributed by atoms with Crippen LogP contribution in [-0.4, -0.2) is 65.1 Å². The number of rotatable bonds is 6. The van der Waals surface area contributed by atoms with Crippen LogP contribution in [0.4, 0.5) is 23.2 Å². The molecule has 4 heterocycles. The maximum Gasteiger partial charge on any atom is 0.416 e. The van der Waals surface area contributed by atoms with Gasteiger partial charge in [0.05, 0.1) is 44.0 Å². The highest BCUT2D eigenvalue weighted by atomic mass is 19.4. The van der Waals surface area contributed by atoms with E-state index in [1.54, 1.807) is 37.4 Å². The summed E-state index contributed by atoms with van der Waals surface area (Å²) < 4.78 is 70.5. The lowest BCUT2D eigenvalue weighted by Gasteiger charge is -2.43. The molecule has 0 N–H and O–H groups in total. The van der Waals surface area contributed by atoms with Crippen molar-refractivity contribution in [3.63, 3.8) is 0 Å². The number of hydrogen-bond donors (Lipinski definition) is 0. The van der Waals surface area contributed by atoms with Crippen molar-refractivity contribution >= 4 is 11.6 Å². The van der Waals surface area contributed by atoms with Gasteiger partial charge in [0.25, 0.3) is 5.91 Å². The Morgan fingerprint density at radius 3 is 2.51 bits per heavy atom. The van der Waals surface area contributed by atoms with Crippen molar-refractivity contribution in [3.05, 3.63) is 76.4 Å². The molecule has 0 spiro atoms. The Kier molecular flexibility index (Phi) is 6.43. The van der Waals surface area contributed by atoms with Gasteiger partial charge < -0.3 is 18.9 Å². The summed E-state index contributed by atoms with van der Waals surface area (Å²) in [5.74, 6) is -0.364. The van der Waals surface area contributed by atoms with Gasteiger partial charge in [-0.2, -0.15) is 13.2 Å². The molecule has 3 aliphatic rings. The molecule has 1 aromatic heterocycles. The number of aryl methyl sites for hydroxylation is 1. The number of aromatic nitrogens is 3. The van der Waals surface area contributed by atoms with Crippen LogP contribution >= 0.6 is 0 Å². The summed E-state index contributed by atoms with van der Waals surface area (Å²) in [6.07, 6.45) is -4.73. The lowest BCUT2D eigenvalue weighted by molar-refractivity contribution is -0.138. The van der Waals surface area contributed by atoms with Gasteiger partial charge in [-0.3, -0.25) is 9.69 Å². The monoisotopic (exact) mass is 545 g/mol.